The normalized spacial score (nSPS) is 10.5. The molecule has 170 valence electrons. The number of anilines is 2. The van der Waals surface area contributed by atoms with Gasteiger partial charge in [0.1, 0.15) is 0 Å². The second kappa shape index (κ2) is 11.1. The molecule has 0 atom stereocenters. The van der Waals surface area contributed by atoms with E-state index in [1.165, 1.54) is 24.3 Å². The van der Waals surface area contributed by atoms with E-state index in [0.717, 1.165) is 8.92 Å². The van der Waals surface area contributed by atoms with Gasteiger partial charge >= 0.3 is 208 Å². The van der Waals surface area contributed by atoms with Crippen LogP contribution in [0.2, 0.25) is 0 Å². The van der Waals surface area contributed by atoms with Gasteiger partial charge in [0.15, 0.2) is 0 Å². The van der Waals surface area contributed by atoms with Crippen LogP contribution in [-0.4, -0.2) is 48.3 Å². The van der Waals surface area contributed by atoms with Gasteiger partial charge < -0.3 is 0 Å². The number of benzene rings is 4. The van der Waals surface area contributed by atoms with E-state index in [0.29, 0.717) is 22.5 Å². The summed E-state index contributed by atoms with van der Waals surface area (Å²) in [5.74, 6) is -0.148. The van der Waals surface area contributed by atoms with Gasteiger partial charge in [-0.25, -0.2) is 0 Å². The summed E-state index contributed by atoms with van der Waals surface area (Å²) in [7, 11) is 0. The molecular formula is C26H20N2O4Se2. The van der Waals surface area contributed by atoms with Crippen LogP contribution in [0.25, 0.3) is 0 Å². The molecule has 4 N–H and O–H groups in total. The Kier molecular flexibility index (Phi) is 7.68. The maximum absolute atomic E-state index is 12.9. The van der Waals surface area contributed by atoms with Gasteiger partial charge in [0.05, 0.1) is 0 Å². The monoisotopic (exact) mass is 584 g/mol. The summed E-state index contributed by atoms with van der Waals surface area (Å²) in [5.41, 5.74) is 2.41. The zero-order valence-electron chi connectivity index (χ0n) is 17.8. The summed E-state index contributed by atoms with van der Waals surface area (Å²) in [5, 5.41) is 24.6. The number of rotatable bonds is 7. The van der Waals surface area contributed by atoms with Gasteiger partial charge in [0.2, 0.25) is 0 Å². The third-order valence-corrected chi connectivity index (χ3v) is 12.0. The first kappa shape index (κ1) is 23.6. The molecule has 0 spiro atoms. The Bertz CT molecular complexity index is 1210. The summed E-state index contributed by atoms with van der Waals surface area (Å²) in [4.78, 5) is 25.8. The SMILES string of the molecule is O=C(Nc1ccc(O)cc1)c1ccccc1[Se][Se]c1ccccc1C(=O)Nc1ccc(O)cc1. The fourth-order valence-corrected chi connectivity index (χ4v) is 10.1. The van der Waals surface area contributed by atoms with Gasteiger partial charge in [-0.3, -0.25) is 0 Å². The van der Waals surface area contributed by atoms with E-state index in [1.807, 2.05) is 36.4 Å². The number of hydrogen-bond acceptors (Lipinski definition) is 4. The molecule has 34 heavy (non-hydrogen) atoms. The third-order valence-electron chi connectivity index (χ3n) is 4.73. The molecule has 0 heterocycles. The van der Waals surface area contributed by atoms with E-state index in [-0.39, 0.29) is 49.6 Å². The van der Waals surface area contributed by atoms with E-state index in [1.54, 1.807) is 36.4 Å². The molecule has 4 rings (SSSR count). The van der Waals surface area contributed by atoms with Crippen LogP contribution < -0.4 is 19.6 Å². The first-order valence-corrected chi connectivity index (χ1v) is 16.3. The molecule has 0 aromatic heterocycles. The van der Waals surface area contributed by atoms with Crippen molar-refractivity contribution in [1.29, 1.82) is 0 Å². The van der Waals surface area contributed by atoms with Crippen LogP contribution in [0.3, 0.4) is 0 Å². The van der Waals surface area contributed by atoms with Crippen LogP contribution in [0.5, 0.6) is 11.5 Å². The van der Waals surface area contributed by atoms with Crippen molar-refractivity contribution in [1.82, 2.24) is 0 Å². The third kappa shape index (κ3) is 6.07. The zero-order valence-corrected chi connectivity index (χ0v) is 21.2. The van der Waals surface area contributed by atoms with E-state index in [2.05, 4.69) is 10.6 Å². The Morgan fingerprint density at radius 3 is 1.26 bits per heavy atom. The molecule has 8 heteroatoms. The molecule has 0 aliphatic carbocycles. The van der Waals surface area contributed by atoms with Gasteiger partial charge in [-0.05, 0) is 0 Å². The second-order valence-corrected chi connectivity index (χ2v) is 13.3. The minimum absolute atomic E-state index is 0.0369. The summed E-state index contributed by atoms with van der Waals surface area (Å²) in [6, 6.07) is 27.7. The molecule has 0 bridgehead atoms. The molecule has 0 fully saturated rings. The number of amides is 2. The number of hydrogen-bond donors (Lipinski definition) is 4. The van der Waals surface area contributed by atoms with Crippen LogP contribution in [0.1, 0.15) is 20.7 Å². The van der Waals surface area contributed by atoms with Crippen molar-refractivity contribution < 1.29 is 19.8 Å². The molecule has 0 radical (unpaired) electrons. The molecule has 4 aromatic carbocycles. The Hall–Kier alpha value is -3.54. The number of phenols is 2. The predicted molar refractivity (Wildman–Crippen MR) is 136 cm³/mol. The van der Waals surface area contributed by atoms with Gasteiger partial charge in [-0.1, -0.05) is 0 Å². The van der Waals surface area contributed by atoms with Crippen LogP contribution in [-0.2, 0) is 0 Å². The number of nitrogens with one attached hydrogen (secondary N) is 2. The molecule has 0 saturated heterocycles. The number of aromatic hydroxyl groups is 2. The van der Waals surface area contributed by atoms with Crippen LogP contribution in [0.15, 0.2) is 97.1 Å². The van der Waals surface area contributed by atoms with Crippen molar-refractivity contribution >= 4 is 58.4 Å². The Balaban J connectivity index is 1.48. The summed E-state index contributed by atoms with van der Waals surface area (Å²) in [6.07, 6.45) is 0. The molecule has 0 aliphatic heterocycles. The van der Waals surface area contributed by atoms with Crippen molar-refractivity contribution in [2.45, 2.75) is 0 Å². The predicted octanol–water partition coefficient (Wildman–Crippen LogP) is 2.88. The molecule has 0 unspecified atom stereocenters. The van der Waals surface area contributed by atoms with Crippen LogP contribution >= 0.6 is 0 Å². The van der Waals surface area contributed by atoms with Gasteiger partial charge in [0, 0.05) is 0 Å². The van der Waals surface area contributed by atoms with E-state index < -0.39 is 0 Å². The van der Waals surface area contributed by atoms with Crippen LogP contribution in [0.4, 0.5) is 11.4 Å². The van der Waals surface area contributed by atoms with Crippen molar-refractivity contribution in [3.05, 3.63) is 108 Å². The quantitative estimate of drug-likeness (QED) is 0.199. The summed E-state index contributed by atoms with van der Waals surface area (Å²) in [6.45, 7) is 0. The Morgan fingerprint density at radius 1 is 0.529 bits per heavy atom. The second-order valence-electron chi connectivity index (χ2n) is 7.16. The van der Waals surface area contributed by atoms with Gasteiger partial charge in [0.25, 0.3) is 0 Å². The fraction of sp³-hybridized carbons (Fsp3) is 0. The molecular weight excluding hydrogens is 562 g/mol. The van der Waals surface area contributed by atoms with Crippen LogP contribution in [0, 0.1) is 0 Å². The summed E-state index contributed by atoms with van der Waals surface area (Å²) < 4.78 is 1.92. The molecule has 0 aliphatic rings. The Morgan fingerprint density at radius 2 is 0.882 bits per heavy atom. The van der Waals surface area contributed by atoms with Gasteiger partial charge in [-0.2, -0.15) is 0 Å². The average molecular weight is 582 g/mol. The fourth-order valence-electron chi connectivity index (χ4n) is 3.03. The molecule has 2 amide bonds. The first-order valence-electron chi connectivity index (χ1n) is 10.2. The van der Waals surface area contributed by atoms with Gasteiger partial charge in [-0.15, -0.1) is 0 Å². The molecule has 4 aromatic rings. The average Bonchev–Trinajstić information content (AvgIpc) is 2.86. The van der Waals surface area contributed by atoms with E-state index >= 15 is 0 Å². The number of phenolic OH excluding ortho intramolecular Hbond substituents is 2. The van der Waals surface area contributed by atoms with Crippen molar-refractivity contribution in [3.8, 4) is 11.5 Å². The number of carbonyl (C=O) groups is 2. The topological polar surface area (TPSA) is 98.7 Å². The molecule has 0 saturated carbocycles. The van der Waals surface area contributed by atoms with Crippen molar-refractivity contribution in [2.75, 3.05) is 10.6 Å². The van der Waals surface area contributed by atoms with Crippen molar-refractivity contribution in [2.24, 2.45) is 0 Å². The maximum atomic E-state index is 12.9. The first-order chi connectivity index (χ1) is 16.5. The minimum atomic E-state index is -0.211. The summed E-state index contributed by atoms with van der Waals surface area (Å²) >= 11 is -0.0738. The van der Waals surface area contributed by atoms with Crippen molar-refractivity contribution in [3.63, 3.8) is 0 Å². The Labute approximate surface area is 207 Å². The van der Waals surface area contributed by atoms with E-state index in [4.69, 9.17) is 0 Å². The standard InChI is InChI=1S/C26H20N2O4Se2/c29-19-13-9-17(10-14-19)27-25(31)21-5-1-3-7-23(21)33-34-24-8-4-2-6-22(24)26(32)28-18-11-15-20(30)16-12-18/h1-16,29-30H,(H,27,31)(H,28,32). The molecule has 6 nitrogen and oxygen atoms in total. The van der Waals surface area contributed by atoms with E-state index in [9.17, 15) is 19.8 Å². The number of carbonyl (C=O) groups excluding carboxylic acids is 2. The zero-order chi connectivity index (χ0) is 23.9.